The second-order valence-corrected chi connectivity index (χ2v) is 6.32. The van der Waals surface area contributed by atoms with Crippen LogP contribution >= 0.6 is 0 Å². The van der Waals surface area contributed by atoms with E-state index in [1.807, 2.05) is 0 Å². The average Bonchev–Trinajstić information content (AvgIpc) is 2.69. The van der Waals surface area contributed by atoms with Crippen molar-refractivity contribution in [2.24, 2.45) is 5.41 Å². The van der Waals surface area contributed by atoms with E-state index in [9.17, 15) is 9.90 Å². The Hall–Kier alpha value is -1.39. The molecule has 0 saturated heterocycles. The average molecular weight is 277 g/mol. The highest BCUT2D eigenvalue weighted by atomic mass is 16.4. The molecule has 2 aliphatic rings. The van der Waals surface area contributed by atoms with E-state index in [0.29, 0.717) is 6.42 Å². The molecule has 2 heterocycles. The molecule has 1 fully saturated rings. The number of rotatable bonds is 3. The summed E-state index contributed by atoms with van der Waals surface area (Å²) in [5.41, 5.74) is -0.603. The first-order valence-corrected chi connectivity index (χ1v) is 7.86. The number of aryl methyl sites for hydroxylation is 1. The molecule has 5 nitrogen and oxygen atoms in total. The highest BCUT2D eigenvalue weighted by molar-refractivity contribution is 5.75. The molecule has 0 aromatic carbocycles. The van der Waals surface area contributed by atoms with Gasteiger partial charge in [-0.3, -0.25) is 4.79 Å². The number of aromatic nitrogens is 3. The third-order valence-corrected chi connectivity index (χ3v) is 4.95. The second kappa shape index (κ2) is 5.54. The first-order valence-electron chi connectivity index (χ1n) is 7.86. The lowest BCUT2D eigenvalue weighted by atomic mass is 9.71. The van der Waals surface area contributed by atoms with Gasteiger partial charge in [0.05, 0.1) is 5.41 Å². The van der Waals surface area contributed by atoms with Crippen molar-refractivity contribution in [3.05, 3.63) is 11.6 Å². The van der Waals surface area contributed by atoms with Crippen LogP contribution in [0.15, 0.2) is 0 Å². The lowest BCUT2D eigenvalue weighted by molar-refractivity contribution is -0.151. The van der Waals surface area contributed by atoms with E-state index in [4.69, 9.17) is 0 Å². The van der Waals surface area contributed by atoms with Gasteiger partial charge in [0.1, 0.15) is 11.6 Å². The van der Waals surface area contributed by atoms with Gasteiger partial charge in [-0.15, -0.1) is 10.2 Å². The molecule has 1 aliphatic heterocycles. The molecule has 1 aromatic heterocycles. The quantitative estimate of drug-likeness (QED) is 0.922. The fourth-order valence-electron chi connectivity index (χ4n) is 3.67. The summed E-state index contributed by atoms with van der Waals surface area (Å²) in [7, 11) is 0. The van der Waals surface area contributed by atoms with Gasteiger partial charge >= 0.3 is 5.97 Å². The van der Waals surface area contributed by atoms with Gasteiger partial charge < -0.3 is 9.67 Å². The summed E-state index contributed by atoms with van der Waals surface area (Å²) in [6.45, 7) is 0.952. The zero-order chi connectivity index (χ0) is 14.0. The Kier molecular flexibility index (Phi) is 3.76. The summed E-state index contributed by atoms with van der Waals surface area (Å²) in [6, 6.07) is 0. The maximum atomic E-state index is 11.8. The number of nitrogens with zero attached hydrogens (tertiary/aromatic N) is 3. The largest absolute Gasteiger partial charge is 0.481 e. The van der Waals surface area contributed by atoms with E-state index >= 15 is 0 Å². The van der Waals surface area contributed by atoms with Crippen LogP contribution in [0.5, 0.6) is 0 Å². The van der Waals surface area contributed by atoms with Crippen molar-refractivity contribution in [3.8, 4) is 0 Å². The summed E-state index contributed by atoms with van der Waals surface area (Å²) >= 11 is 0. The number of carboxylic acid groups (broad SMARTS) is 1. The molecule has 0 spiro atoms. The molecule has 1 N–H and O–H groups in total. The van der Waals surface area contributed by atoms with Crippen LogP contribution in [0.2, 0.25) is 0 Å². The minimum Gasteiger partial charge on any atom is -0.481 e. The maximum Gasteiger partial charge on any atom is 0.310 e. The Morgan fingerprint density at radius 2 is 1.85 bits per heavy atom. The van der Waals surface area contributed by atoms with Crippen LogP contribution in [0.1, 0.15) is 63.0 Å². The lowest BCUT2D eigenvalue weighted by Gasteiger charge is -2.32. The van der Waals surface area contributed by atoms with Gasteiger partial charge in [0, 0.05) is 19.4 Å². The van der Waals surface area contributed by atoms with Gasteiger partial charge in [-0.1, -0.05) is 25.7 Å². The molecule has 1 aliphatic carbocycles. The lowest BCUT2D eigenvalue weighted by Crippen LogP contribution is -2.36. The fraction of sp³-hybridized carbons (Fsp3) is 0.800. The molecule has 1 saturated carbocycles. The molecule has 20 heavy (non-hydrogen) atoms. The van der Waals surface area contributed by atoms with Crippen LogP contribution < -0.4 is 0 Å². The molecular formula is C15H23N3O2. The highest BCUT2D eigenvalue weighted by Crippen LogP contribution is 2.39. The number of hydrogen-bond acceptors (Lipinski definition) is 3. The number of aliphatic carboxylic acids is 1. The highest BCUT2D eigenvalue weighted by Gasteiger charge is 2.41. The van der Waals surface area contributed by atoms with Gasteiger partial charge in [0.15, 0.2) is 0 Å². The van der Waals surface area contributed by atoms with Crippen LogP contribution in [0.3, 0.4) is 0 Å². The Morgan fingerprint density at radius 1 is 1.10 bits per heavy atom. The minimum absolute atomic E-state index is 0.551. The van der Waals surface area contributed by atoms with Crippen molar-refractivity contribution in [1.82, 2.24) is 14.8 Å². The van der Waals surface area contributed by atoms with Gasteiger partial charge in [-0.25, -0.2) is 0 Å². The smallest absolute Gasteiger partial charge is 0.310 e. The van der Waals surface area contributed by atoms with Crippen LogP contribution in [0.4, 0.5) is 0 Å². The van der Waals surface area contributed by atoms with Crippen molar-refractivity contribution in [2.45, 2.75) is 70.8 Å². The zero-order valence-electron chi connectivity index (χ0n) is 12.0. The van der Waals surface area contributed by atoms with E-state index in [-0.39, 0.29) is 0 Å². The van der Waals surface area contributed by atoms with Crippen LogP contribution in [0, 0.1) is 5.41 Å². The van der Waals surface area contributed by atoms with Gasteiger partial charge in [0.2, 0.25) is 0 Å². The SMILES string of the molecule is O=C(O)C1(Cc2nnc3n2CCCCC3)CCCCC1. The number of carbonyl (C=O) groups is 1. The van der Waals surface area contributed by atoms with E-state index in [2.05, 4.69) is 14.8 Å². The van der Waals surface area contributed by atoms with Crippen LogP contribution in [0.25, 0.3) is 0 Å². The van der Waals surface area contributed by atoms with Gasteiger partial charge in [-0.2, -0.15) is 0 Å². The number of carboxylic acids is 1. The maximum absolute atomic E-state index is 11.8. The molecule has 0 radical (unpaired) electrons. The third kappa shape index (κ3) is 2.45. The second-order valence-electron chi connectivity index (χ2n) is 6.32. The molecular weight excluding hydrogens is 254 g/mol. The summed E-state index contributed by atoms with van der Waals surface area (Å²) in [4.78, 5) is 11.8. The van der Waals surface area contributed by atoms with Crippen molar-refractivity contribution in [3.63, 3.8) is 0 Å². The Labute approximate surface area is 119 Å². The molecule has 110 valence electrons. The van der Waals surface area contributed by atoms with E-state index in [1.54, 1.807) is 0 Å². The topological polar surface area (TPSA) is 68.0 Å². The van der Waals surface area contributed by atoms with E-state index < -0.39 is 11.4 Å². The van der Waals surface area contributed by atoms with E-state index in [0.717, 1.165) is 63.1 Å². The zero-order valence-corrected chi connectivity index (χ0v) is 12.0. The standard InChI is InChI=1S/C15H23N3O2/c19-14(20)15(8-4-2-5-9-15)11-13-17-16-12-7-3-1-6-10-18(12)13/h1-11H2,(H,19,20). The van der Waals surface area contributed by atoms with Gasteiger partial charge in [-0.05, 0) is 25.7 Å². The molecule has 0 bridgehead atoms. The number of fused-ring (bicyclic) bond motifs is 1. The predicted octanol–water partition coefficient (Wildman–Crippen LogP) is 2.58. The van der Waals surface area contributed by atoms with Crippen molar-refractivity contribution in [1.29, 1.82) is 0 Å². The Morgan fingerprint density at radius 3 is 2.60 bits per heavy atom. The third-order valence-electron chi connectivity index (χ3n) is 4.95. The Balaban J connectivity index is 1.85. The molecule has 3 rings (SSSR count). The molecule has 5 heteroatoms. The first kappa shape index (κ1) is 13.6. The van der Waals surface area contributed by atoms with Crippen molar-refractivity contribution < 1.29 is 9.90 Å². The molecule has 0 unspecified atom stereocenters. The summed E-state index contributed by atoms with van der Waals surface area (Å²) in [5.74, 6) is 1.29. The summed E-state index contributed by atoms with van der Waals surface area (Å²) in [6.07, 6.45) is 9.85. The van der Waals surface area contributed by atoms with Crippen LogP contribution in [-0.4, -0.2) is 25.8 Å². The van der Waals surface area contributed by atoms with Gasteiger partial charge in [0.25, 0.3) is 0 Å². The monoisotopic (exact) mass is 277 g/mol. The van der Waals surface area contributed by atoms with Crippen molar-refractivity contribution >= 4 is 5.97 Å². The minimum atomic E-state index is -0.650. The number of hydrogen-bond donors (Lipinski definition) is 1. The molecule has 0 amide bonds. The summed E-state index contributed by atoms with van der Waals surface area (Å²) < 4.78 is 2.19. The van der Waals surface area contributed by atoms with Crippen molar-refractivity contribution in [2.75, 3.05) is 0 Å². The normalized spacial score (nSPS) is 22.0. The van der Waals surface area contributed by atoms with E-state index in [1.165, 1.54) is 12.8 Å². The first-order chi connectivity index (χ1) is 9.71. The van der Waals surface area contributed by atoms with Crippen LogP contribution in [-0.2, 0) is 24.2 Å². The molecule has 1 aromatic rings. The molecule has 0 atom stereocenters. The predicted molar refractivity (Wildman–Crippen MR) is 74.4 cm³/mol. The Bertz CT molecular complexity index is 489. The fourth-order valence-corrected chi connectivity index (χ4v) is 3.67. The summed E-state index contributed by atoms with van der Waals surface area (Å²) in [5, 5.41) is 18.3.